The number of hydrazone groups is 1. The molecule has 0 radical (unpaired) electrons. The van der Waals surface area contributed by atoms with E-state index in [1.165, 1.54) is 0 Å². The number of ether oxygens (including phenoxy) is 1. The van der Waals surface area contributed by atoms with Crippen molar-refractivity contribution in [2.75, 3.05) is 25.6 Å². The normalized spacial score (nSPS) is 11.1. The van der Waals surface area contributed by atoms with E-state index >= 15 is 0 Å². The Morgan fingerprint density at radius 1 is 1.04 bits per heavy atom. The topological polar surface area (TPSA) is 53.9 Å². The summed E-state index contributed by atoms with van der Waals surface area (Å²) in [4.78, 5) is 14.1. The molecule has 126 valence electrons. The monoisotopic (exact) mass is 325 g/mol. The van der Waals surface area contributed by atoms with Crippen molar-refractivity contribution < 1.29 is 9.53 Å². The molecule has 0 heterocycles. The molecule has 0 aliphatic rings. The van der Waals surface area contributed by atoms with Crippen molar-refractivity contribution >= 4 is 17.3 Å². The van der Waals surface area contributed by atoms with Crippen molar-refractivity contribution in [1.29, 1.82) is 0 Å². The van der Waals surface area contributed by atoms with Crippen LogP contribution in [0.5, 0.6) is 5.75 Å². The lowest BCUT2D eigenvalue weighted by atomic mass is 10.1. The number of carbonyl (C=O) groups excluding carboxylic acids is 1. The van der Waals surface area contributed by atoms with Gasteiger partial charge in [-0.05, 0) is 67.9 Å². The average molecular weight is 325 g/mol. The largest absolute Gasteiger partial charge is 0.494 e. The fourth-order valence-corrected chi connectivity index (χ4v) is 2.13. The second-order valence-corrected chi connectivity index (χ2v) is 5.54. The van der Waals surface area contributed by atoms with Gasteiger partial charge in [-0.3, -0.25) is 4.79 Å². The van der Waals surface area contributed by atoms with E-state index in [4.69, 9.17) is 4.74 Å². The third kappa shape index (κ3) is 4.59. The highest BCUT2D eigenvalue weighted by molar-refractivity contribution is 6.01. The highest BCUT2D eigenvalue weighted by Gasteiger charge is 2.06. The van der Waals surface area contributed by atoms with Crippen LogP contribution >= 0.6 is 0 Å². The molecule has 2 aromatic carbocycles. The molecule has 0 bridgehead atoms. The van der Waals surface area contributed by atoms with Gasteiger partial charge in [0.15, 0.2) is 0 Å². The zero-order valence-corrected chi connectivity index (χ0v) is 14.5. The summed E-state index contributed by atoms with van der Waals surface area (Å²) >= 11 is 0. The lowest BCUT2D eigenvalue weighted by molar-refractivity contribution is 0.0955. The van der Waals surface area contributed by atoms with E-state index in [0.717, 1.165) is 22.7 Å². The first-order chi connectivity index (χ1) is 11.5. The fraction of sp³-hybridized carbons (Fsp3) is 0.263. The SMILES string of the molecule is CCOc1ccc(/C(C)=N/NC(=O)c2ccc(N(C)C)cc2)cc1. The summed E-state index contributed by atoms with van der Waals surface area (Å²) in [5.41, 5.74) is 5.87. The Kier molecular flexibility index (Phi) is 5.95. The van der Waals surface area contributed by atoms with E-state index in [1.807, 2.05) is 69.2 Å². The number of benzene rings is 2. The highest BCUT2D eigenvalue weighted by Crippen LogP contribution is 2.13. The maximum absolute atomic E-state index is 12.1. The maximum atomic E-state index is 12.1. The van der Waals surface area contributed by atoms with E-state index in [9.17, 15) is 4.79 Å². The second-order valence-electron chi connectivity index (χ2n) is 5.54. The molecule has 0 aliphatic heterocycles. The lowest BCUT2D eigenvalue weighted by Gasteiger charge is -2.12. The third-order valence-electron chi connectivity index (χ3n) is 3.55. The smallest absolute Gasteiger partial charge is 0.271 e. The number of hydrogen-bond acceptors (Lipinski definition) is 4. The van der Waals surface area contributed by atoms with E-state index < -0.39 is 0 Å². The molecule has 1 amide bonds. The van der Waals surface area contributed by atoms with Gasteiger partial charge < -0.3 is 9.64 Å². The van der Waals surface area contributed by atoms with Crippen LogP contribution in [-0.2, 0) is 0 Å². The minimum atomic E-state index is -0.231. The highest BCUT2D eigenvalue weighted by atomic mass is 16.5. The lowest BCUT2D eigenvalue weighted by Crippen LogP contribution is -2.19. The standard InChI is InChI=1S/C19H23N3O2/c1-5-24-18-12-8-15(9-13-18)14(2)20-21-19(23)16-6-10-17(11-7-16)22(3)4/h6-13H,5H2,1-4H3,(H,21,23)/b20-14+. The Morgan fingerprint density at radius 3 is 2.17 bits per heavy atom. The molecule has 5 nitrogen and oxygen atoms in total. The Balaban J connectivity index is 2.01. The second kappa shape index (κ2) is 8.15. The van der Waals surface area contributed by atoms with E-state index in [-0.39, 0.29) is 5.91 Å². The van der Waals surface area contributed by atoms with Crippen LogP contribution in [0.25, 0.3) is 0 Å². The molecule has 2 aromatic rings. The molecule has 0 unspecified atom stereocenters. The number of rotatable bonds is 6. The van der Waals surface area contributed by atoms with Crippen LogP contribution < -0.4 is 15.1 Å². The van der Waals surface area contributed by atoms with Gasteiger partial charge in [-0.25, -0.2) is 5.43 Å². The van der Waals surface area contributed by atoms with Crippen molar-refractivity contribution in [3.63, 3.8) is 0 Å². The van der Waals surface area contributed by atoms with Gasteiger partial charge in [0.2, 0.25) is 0 Å². The summed E-state index contributed by atoms with van der Waals surface area (Å²) in [5.74, 6) is 0.588. The zero-order chi connectivity index (χ0) is 17.5. The molecule has 0 saturated heterocycles. The first kappa shape index (κ1) is 17.5. The molecule has 0 aliphatic carbocycles. The first-order valence-electron chi connectivity index (χ1n) is 7.86. The molecule has 0 aromatic heterocycles. The number of hydrogen-bond donors (Lipinski definition) is 1. The average Bonchev–Trinajstić information content (AvgIpc) is 2.60. The van der Waals surface area contributed by atoms with Crippen LogP contribution in [0, 0.1) is 0 Å². The van der Waals surface area contributed by atoms with Crippen molar-refractivity contribution in [3.05, 3.63) is 59.7 Å². The molecule has 24 heavy (non-hydrogen) atoms. The van der Waals surface area contributed by atoms with E-state index in [0.29, 0.717) is 12.2 Å². The minimum absolute atomic E-state index is 0.231. The Hall–Kier alpha value is -2.82. The summed E-state index contributed by atoms with van der Waals surface area (Å²) in [5, 5.41) is 4.17. The molecule has 5 heteroatoms. The first-order valence-corrected chi connectivity index (χ1v) is 7.86. The summed E-state index contributed by atoms with van der Waals surface area (Å²) in [6, 6.07) is 15.0. The van der Waals surface area contributed by atoms with Crippen LogP contribution in [0.3, 0.4) is 0 Å². The van der Waals surface area contributed by atoms with Gasteiger partial charge in [0.05, 0.1) is 12.3 Å². The summed E-state index contributed by atoms with van der Waals surface area (Å²) in [6.07, 6.45) is 0. The zero-order valence-electron chi connectivity index (χ0n) is 14.5. The summed E-state index contributed by atoms with van der Waals surface area (Å²) in [6.45, 7) is 4.43. The van der Waals surface area contributed by atoms with Crippen LogP contribution in [0.1, 0.15) is 29.8 Å². The van der Waals surface area contributed by atoms with Crippen LogP contribution in [0.2, 0.25) is 0 Å². The molecular formula is C19H23N3O2. The summed E-state index contributed by atoms with van der Waals surface area (Å²) in [7, 11) is 3.92. The number of nitrogens with one attached hydrogen (secondary N) is 1. The van der Waals surface area contributed by atoms with Gasteiger partial charge in [-0.15, -0.1) is 0 Å². The van der Waals surface area contributed by atoms with Crippen molar-refractivity contribution in [1.82, 2.24) is 5.43 Å². The Labute approximate surface area is 142 Å². The predicted molar refractivity (Wildman–Crippen MR) is 98.1 cm³/mol. The van der Waals surface area contributed by atoms with Gasteiger partial charge in [0.1, 0.15) is 5.75 Å². The van der Waals surface area contributed by atoms with Gasteiger partial charge >= 0.3 is 0 Å². The molecule has 1 N–H and O–H groups in total. The predicted octanol–water partition coefficient (Wildman–Crippen LogP) is 3.31. The molecule has 0 spiro atoms. The summed E-state index contributed by atoms with van der Waals surface area (Å²) < 4.78 is 5.41. The van der Waals surface area contributed by atoms with Gasteiger partial charge in [0.25, 0.3) is 5.91 Å². The van der Waals surface area contributed by atoms with Crippen LogP contribution in [0.4, 0.5) is 5.69 Å². The number of amides is 1. The van der Waals surface area contributed by atoms with Gasteiger partial charge in [0, 0.05) is 25.3 Å². The molecule has 2 rings (SSSR count). The third-order valence-corrected chi connectivity index (χ3v) is 3.55. The molecule has 0 fully saturated rings. The van der Waals surface area contributed by atoms with E-state index in [2.05, 4.69) is 10.5 Å². The fourth-order valence-electron chi connectivity index (χ4n) is 2.13. The van der Waals surface area contributed by atoms with Crippen LogP contribution in [0.15, 0.2) is 53.6 Å². The molecule has 0 saturated carbocycles. The van der Waals surface area contributed by atoms with Crippen molar-refractivity contribution in [2.45, 2.75) is 13.8 Å². The van der Waals surface area contributed by atoms with Gasteiger partial charge in [-0.1, -0.05) is 0 Å². The molecular weight excluding hydrogens is 302 g/mol. The van der Waals surface area contributed by atoms with E-state index in [1.54, 1.807) is 12.1 Å². The van der Waals surface area contributed by atoms with Crippen LogP contribution in [-0.4, -0.2) is 32.3 Å². The maximum Gasteiger partial charge on any atom is 0.271 e. The quantitative estimate of drug-likeness (QED) is 0.655. The number of nitrogens with zero attached hydrogens (tertiary/aromatic N) is 2. The molecule has 0 atom stereocenters. The van der Waals surface area contributed by atoms with Crippen molar-refractivity contribution in [3.8, 4) is 5.75 Å². The van der Waals surface area contributed by atoms with Gasteiger partial charge in [-0.2, -0.15) is 5.10 Å². The van der Waals surface area contributed by atoms with Crippen molar-refractivity contribution in [2.24, 2.45) is 5.10 Å². The number of carbonyl (C=O) groups is 1. The Bertz CT molecular complexity index is 704. The minimum Gasteiger partial charge on any atom is -0.494 e. The number of anilines is 1. The Morgan fingerprint density at radius 2 is 1.62 bits per heavy atom.